The van der Waals surface area contributed by atoms with Crippen molar-refractivity contribution < 1.29 is 9.53 Å². The largest absolute Gasteiger partial charge is 0.465 e. The van der Waals surface area contributed by atoms with Crippen LogP contribution in [-0.4, -0.2) is 13.1 Å². The predicted octanol–water partition coefficient (Wildman–Crippen LogP) is 3.96. The Bertz CT molecular complexity index is 669. The third kappa shape index (κ3) is 2.37. The van der Waals surface area contributed by atoms with Gasteiger partial charge in [0.1, 0.15) is 0 Å². The molecule has 3 rings (SSSR count). The van der Waals surface area contributed by atoms with Crippen molar-refractivity contribution in [3.05, 3.63) is 70.8 Å². The molecule has 1 aliphatic rings. The molecule has 0 saturated carbocycles. The van der Waals surface area contributed by atoms with E-state index in [9.17, 15) is 4.79 Å². The van der Waals surface area contributed by atoms with Crippen LogP contribution in [0.4, 0.5) is 0 Å². The molecule has 0 radical (unpaired) electrons. The number of allylic oxidation sites excluding steroid dienone is 1. The smallest absolute Gasteiger partial charge is 0.337 e. The van der Waals surface area contributed by atoms with Crippen molar-refractivity contribution in [2.75, 3.05) is 7.11 Å². The van der Waals surface area contributed by atoms with Gasteiger partial charge < -0.3 is 4.74 Å². The molecule has 2 heteroatoms. The fraction of sp³-hybridized carbons (Fsp3) is 0.167. The summed E-state index contributed by atoms with van der Waals surface area (Å²) in [7, 11) is 1.41. The van der Waals surface area contributed by atoms with Gasteiger partial charge in [-0.2, -0.15) is 0 Å². The van der Waals surface area contributed by atoms with Crippen molar-refractivity contribution in [1.82, 2.24) is 0 Å². The number of hydrogen-bond acceptors (Lipinski definition) is 2. The molecule has 0 heterocycles. The Labute approximate surface area is 118 Å². The molecule has 0 bridgehead atoms. The van der Waals surface area contributed by atoms with E-state index in [0.29, 0.717) is 5.56 Å². The highest BCUT2D eigenvalue weighted by Crippen LogP contribution is 2.34. The van der Waals surface area contributed by atoms with Gasteiger partial charge in [-0.3, -0.25) is 0 Å². The van der Waals surface area contributed by atoms with Gasteiger partial charge in [-0.05, 0) is 47.2 Å². The minimum atomic E-state index is -0.279. The molecule has 2 aromatic rings. The van der Waals surface area contributed by atoms with Crippen LogP contribution in [0.2, 0.25) is 0 Å². The van der Waals surface area contributed by atoms with Crippen LogP contribution >= 0.6 is 0 Å². The maximum Gasteiger partial charge on any atom is 0.337 e. The second-order valence-corrected chi connectivity index (χ2v) is 4.94. The molecule has 20 heavy (non-hydrogen) atoms. The van der Waals surface area contributed by atoms with Crippen LogP contribution in [0.15, 0.2) is 48.5 Å². The van der Waals surface area contributed by atoms with Gasteiger partial charge in [0.15, 0.2) is 0 Å². The van der Waals surface area contributed by atoms with Gasteiger partial charge in [0, 0.05) is 0 Å². The Morgan fingerprint density at radius 1 is 1.10 bits per heavy atom. The number of carbonyl (C=O) groups is 1. The van der Waals surface area contributed by atoms with E-state index in [1.807, 2.05) is 36.4 Å². The molecule has 0 N–H and O–H groups in total. The van der Waals surface area contributed by atoms with Crippen molar-refractivity contribution in [2.24, 2.45) is 0 Å². The molecule has 0 saturated heterocycles. The molecular formula is C18H16O2. The monoisotopic (exact) mass is 264 g/mol. The first kappa shape index (κ1) is 12.7. The quantitative estimate of drug-likeness (QED) is 0.767. The Morgan fingerprint density at radius 3 is 2.65 bits per heavy atom. The predicted molar refractivity (Wildman–Crippen MR) is 80.4 cm³/mol. The average molecular weight is 264 g/mol. The zero-order chi connectivity index (χ0) is 13.9. The number of methoxy groups -OCH3 is 1. The molecule has 0 aliphatic heterocycles. The summed E-state index contributed by atoms with van der Waals surface area (Å²) in [4.78, 5) is 11.6. The molecule has 0 fully saturated rings. The second-order valence-electron chi connectivity index (χ2n) is 4.94. The van der Waals surface area contributed by atoms with Crippen molar-refractivity contribution in [1.29, 1.82) is 0 Å². The van der Waals surface area contributed by atoms with E-state index < -0.39 is 0 Å². The molecule has 0 spiro atoms. The van der Waals surface area contributed by atoms with Crippen LogP contribution in [0.5, 0.6) is 0 Å². The third-order valence-electron chi connectivity index (χ3n) is 3.68. The zero-order valence-electron chi connectivity index (χ0n) is 11.4. The summed E-state index contributed by atoms with van der Waals surface area (Å²) in [5.74, 6) is -0.279. The van der Waals surface area contributed by atoms with Gasteiger partial charge in [0.2, 0.25) is 0 Å². The molecular weight excluding hydrogens is 248 g/mol. The Kier molecular flexibility index (Phi) is 3.38. The minimum Gasteiger partial charge on any atom is -0.465 e. The molecule has 0 aromatic heterocycles. The molecule has 0 atom stereocenters. The molecule has 1 aliphatic carbocycles. The summed E-state index contributed by atoms with van der Waals surface area (Å²) in [6.45, 7) is 0. The first-order valence-electron chi connectivity index (χ1n) is 6.75. The Hall–Kier alpha value is -2.35. The first-order chi connectivity index (χ1) is 9.78. The highest BCUT2D eigenvalue weighted by molar-refractivity contribution is 5.93. The lowest BCUT2D eigenvalue weighted by atomic mass is 10.0. The molecule has 100 valence electrons. The summed E-state index contributed by atoms with van der Waals surface area (Å²) in [6, 6.07) is 16.1. The zero-order valence-corrected chi connectivity index (χ0v) is 11.4. The van der Waals surface area contributed by atoms with Crippen LogP contribution < -0.4 is 0 Å². The number of hydrogen-bond donors (Lipinski definition) is 0. The lowest BCUT2D eigenvalue weighted by Gasteiger charge is -2.05. The number of aryl methyl sites for hydroxylation is 1. The van der Waals surface area contributed by atoms with Crippen molar-refractivity contribution in [2.45, 2.75) is 12.8 Å². The third-order valence-corrected chi connectivity index (χ3v) is 3.68. The highest BCUT2D eigenvalue weighted by atomic mass is 16.5. The highest BCUT2D eigenvalue weighted by Gasteiger charge is 2.18. The summed E-state index contributed by atoms with van der Waals surface area (Å²) in [6.07, 6.45) is 4.26. The van der Waals surface area contributed by atoms with Gasteiger partial charge in [-0.1, -0.05) is 42.5 Å². The Morgan fingerprint density at radius 2 is 1.90 bits per heavy atom. The number of ether oxygens (including phenoxy) is 1. The Balaban J connectivity index is 2.00. The summed E-state index contributed by atoms with van der Waals surface area (Å²) >= 11 is 0. The van der Waals surface area contributed by atoms with Crippen molar-refractivity contribution >= 4 is 17.6 Å². The first-order valence-corrected chi connectivity index (χ1v) is 6.75. The van der Waals surface area contributed by atoms with Crippen LogP contribution in [0.1, 0.15) is 33.5 Å². The van der Waals surface area contributed by atoms with Crippen LogP contribution in [0, 0.1) is 0 Å². The van der Waals surface area contributed by atoms with Crippen LogP contribution in [0.3, 0.4) is 0 Å². The van der Waals surface area contributed by atoms with Gasteiger partial charge in [0.05, 0.1) is 12.7 Å². The van der Waals surface area contributed by atoms with Crippen molar-refractivity contribution in [3.63, 3.8) is 0 Å². The number of carbonyl (C=O) groups excluding carboxylic acids is 1. The van der Waals surface area contributed by atoms with E-state index in [0.717, 1.165) is 12.8 Å². The normalized spacial score (nSPS) is 15.2. The van der Waals surface area contributed by atoms with Gasteiger partial charge >= 0.3 is 5.97 Å². The van der Waals surface area contributed by atoms with E-state index >= 15 is 0 Å². The van der Waals surface area contributed by atoms with E-state index in [2.05, 4.69) is 18.2 Å². The summed E-state index contributed by atoms with van der Waals surface area (Å²) in [5.41, 5.74) is 5.58. The topological polar surface area (TPSA) is 26.3 Å². The number of esters is 1. The second kappa shape index (κ2) is 5.33. The van der Waals surface area contributed by atoms with Crippen LogP contribution in [0.25, 0.3) is 11.6 Å². The lowest BCUT2D eigenvalue weighted by molar-refractivity contribution is 0.0600. The number of benzene rings is 2. The van der Waals surface area contributed by atoms with E-state index in [4.69, 9.17) is 4.74 Å². The summed E-state index contributed by atoms with van der Waals surface area (Å²) in [5, 5.41) is 0. The van der Waals surface area contributed by atoms with Gasteiger partial charge in [-0.25, -0.2) is 4.79 Å². The van der Waals surface area contributed by atoms with Crippen molar-refractivity contribution in [3.8, 4) is 0 Å². The minimum absolute atomic E-state index is 0.279. The van der Waals surface area contributed by atoms with E-state index in [-0.39, 0.29) is 5.97 Å². The molecule has 2 aromatic carbocycles. The van der Waals surface area contributed by atoms with E-state index in [1.165, 1.54) is 29.4 Å². The molecule has 2 nitrogen and oxygen atoms in total. The van der Waals surface area contributed by atoms with E-state index in [1.54, 1.807) is 0 Å². The lowest BCUT2D eigenvalue weighted by Crippen LogP contribution is -2.01. The average Bonchev–Trinajstić information content (AvgIpc) is 2.90. The number of fused-ring (bicyclic) bond motifs is 1. The molecule has 0 amide bonds. The SMILES string of the molecule is COC(=O)c1ccc2c(c1)C(=Cc1ccccc1)CC2. The fourth-order valence-corrected chi connectivity index (χ4v) is 2.64. The fourth-order valence-electron chi connectivity index (χ4n) is 2.64. The maximum atomic E-state index is 11.6. The van der Waals surface area contributed by atoms with Gasteiger partial charge in [-0.15, -0.1) is 0 Å². The molecule has 0 unspecified atom stereocenters. The van der Waals surface area contributed by atoms with Crippen LogP contribution in [-0.2, 0) is 11.2 Å². The van der Waals surface area contributed by atoms with Gasteiger partial charge in [0.25, 0.3) is 0 Å². The number of rotatable bonds is 2. The standard InChI is InChI=1S/C18H16O2/c1-20-18(19)16-10-8-14-7-9-15(17(14)12-16)11-13-5-3-2-4-6-13/h2-6,8,10-12H,7,9H2,1H3. The summed E-state index contributed by atoms with van der Waals surface area (Å²) < 4.78 is 4.79. The maximum absolute atomic E-state index is 11.6.